The van der Waals surface area contributed by atoms with E-state index in [0.29, 0.717) is 12.6 Å². The van der Waals surface area contributed by atoms with Gasteiger partial charge in [0.05, 0.1) is 11.1 Å². The molecule has 0 aliphatic heterocycles. The van der Waals surface area contributed by atoms with Gasteiger partial charge in [0, 0.05) is 25.9 Å². The van der Waals surface area contributed by atoms with Crippen LogP contribution in [0.3, 0.4) is 0 Å². The van der Waals surface area contributed by atoms with Crippen molar-refractivity contribution < 1.29 is 4.74 Å². The number of rotatable bonds is 7. The molecule has 2 N–H and O–H groups in total. The molecule has 1 aromatic rings. The van der Waals surface area contributed by atoms with Crippen molar-refractivity contribution in [3.8, 4) is 0 Å². The molecule has 0 bridgehead atoms. The lowest BCUT2D eigenvalue weighted by molar-refractivity contribution is 0.190. The van der Waals surface area contributed by atoms with E-state index < -0.39 is 0 Å². The van der Waals surface area contributed by atoms with Crippen LogP contribution in [0.2, 0.25) is 0 Å². The van der Waals surface area contributed by atoms with Crippen molar-refractivity contribution in [1.82, 2.24) is 9.97 Å². The molecule has 1 unspecified atom stereocenters. The van der Waals surface area contributed by atoms with E-state index in [0.717, 1.165) is 23.3 Å². The Morgan fingerprint density at radius 2 is 2.29 bits per heavy atom. The van der Waals surface area contributed by atoms with E-state index >= 15 is 0 Å². The van der Waals surface area contributed by atoms with Gasteiger partial charge in [-0.15, -0.1) is 0 Å². The second-order valence-electron chi connectivity index (χ2n) is 3.82. The molecular formula is C11H19BrN4O. The fourth-order valence-corrected chi connectivity index (χ4v) is 1.62. The van der Waals surface area contributed by atoms with Crippen LogP contribution in [0, 0.1) is 0 Å². The molecule has 0 fully saturated rings. The molecule has 0 aromatic carbocycles. The first-order valence-corrected chi connectivity index (χ1v) is 6.48. The Bertz CT molecular complexity index is 348. The van der Waals surface area contributed by atoms with Crippen LogP contribution < -0.4 is 10.6 Å². The maximum absolute atomic E-state index is 5.07. The summed E-state index contributed by atoms with van der Waals surface area (Å²) >= 11 is 3.42. The lowest BCUT2D eigenvalue weighted by Crippen LogP contribution is -2.22. The molecule has 0 aliphatic carbocycles. The summed E-state index contributed by atoms with van der Waals surface area (Å²) in [5, 5.41) is 6.42. The van der Waals surface area contributed by atoms with Gasteiger partial charge >= 0.3 is 0 Å². The van der Waals surface area contributed by atoms with Crippen LogP contribution in [-0.2, 0) is 4.74 Å². The Hall–Kier alpha value is -0.880. The minimum absolute atomic E-state index is 0.199. The van der Waals surface area contributed by atoms with Crippen LogP contribution in [0.4, 0.5) is 11.8 Å². The number of hydrogen-bond donors (Lipinski definition) is 2. The highest BCUT2D eigenvalue weighted by molar-refractivity contribution is 9.10. The number of anilines is 2. The smallest absolute Gasteiger partial charge is 0.224 e. The Morgan fingerprint density at radius 3 is 2.94 bits per heavy atom. The minimum atomic E-state index is 0.199. The molecule has 1 heterocycles. The Balaban J connectivity index is 2.68. The second kappa shape index (κ2) is 7.45. The summed E-state index contributed by atoms with van der Waals surface area (Å²) in [6.45, 7) is 5.64. The van der Waals surface area contributed by atoms with Gasteiger partial charge in [0.25, 0.3) is 0 Å². The number of hydrogen-bond acceptors (Lipinski definition) is 5. The molecule has 1 atom stereocenters. The monoisotopic (exact) mass is 302 g/mol. The van der Waals surface area contributed by atoms with Crippen LogP contribution >= 0.6 is 15.9 Å². The number of halogens is 1. The zero-order valence-electron chi connectivity index (χ0n) is 10.5. The molecule has 1 rings (SSSR count). The highest BCUT2D eigenvalue weighted by atomic mass is 79.9. The van der Waals surface area contributed by atoms with E-state index in [2.05, 4.69) is 43.5 Å². The average molecular weight is 303 g/mol. The minimum Gasteiger partial charge on any atom is -0.383 e. The number of aromatic nitrogens is 2. The molecule has 0 saturated heterocycles. The van der Waals surface area contributed by atoms with Crippen molar-refractivity contribution in [3.05, 3.63) is 10.7 Å². The third-order valence-corrected chi connectivity index (χ3v) is 2.66. The third-order valence-electron chi connectivity index (χ3n) is 2.08. The summed E-state index contributed by atoms with van der Waals surface area (Å²) in [5.41, 5.74) is 0. The van der Waals surface area contributed by atoms with E-state index in [1.54, 1.807) is 13.3 Å². The first-order valence-electron chi connectivity index (χ1n) is 5.69. The van der Waals surface area contributed by atoms with E-state index in [1.807, 2.05) is 6.92 Å². The van der Waals surface area contributed by atoms with Crippen molar-refractivity contribution in [2.24, 2.45) is 0 Å². The molecular weight excluding hydrogens is 284 g/mol. The molecule has 1 aromatic heterocycles. The number of ether oxygens (including phenoxy) is 1. The topological polar surface area (TPSA) is 59.1 Å². The van der Waals surface area contributed by atoms with Gasteiger partial charge in [-0.3, -0.25) is 0 Å². The van der Waals surface area contributed by atoms with Crippen LogP contribution in [0.25, 0.3) is 0 Å². The zero-order chi connectivity index (χ0) is 12.7. The molecule has 0 spiro atoms. The van der Waals surface area contributed by atoms with Gasteiger partial charge in [0.15, 0.2) is 0 Å². The highest BCUT2D eigenvalue weighted by Crippen LogP contribution is 2.20. The number of methoxy groups -OCH3 is 1. The van der Waals surface area contributed by atoms with Gasteiger partial charge in [-0.2, -0.15) is 4.98 Å². The van der Waals surface area contributed by atoms with Crippen LogP contribution in [0.1, 0.15) is 20.3 Å². The maximum atomic E-state index is 5.07. The first kappa shape index (κ1) is 14.2. The molecule has 6 heteroatoms. The van der Waals surface area contributed by atoms with E-state index in [-0.39, 0.29) is 6.04 Å². The fourth-order valence-electron chi connectivity index (χ4n) is 1.32. The summed E-state index contributed by atoms with van der Waals surface area (Å²) in [7, 11) is 1.68. The van der Waals surface area contributed by atoms with Gasteiger partial charge in [-0.1, -0.05) is 6.92 Å². The molecule has 5 nitrogen and oxygen atoms in total. The predicted molar refractivity (Wildman–Crippen MR) is 73.5 cm³/mol. The van der Waals surface area contributed by atoms with Gasteiger partial charge in [-0.25, -0.2) is 4.98 Å². The summed E-state index contributed by atoms with van der Waals surface area (Å²) in [6, 6.07) is 0.199. The summed E-state index contributed by atoms with van der Waals surface area (Å²) in [6.07, 6.45) is 2.79. The molecule has 0 saturated carbocycles. The summed E-state index contributed by atoms with van der Waals surface area (Å²) < 4.78 is 5.92. The van der Waals surface area contributed by atoms with Crippen LogP contribution in [-0.4, -0.2) is 36.3 Å². The Kier molecular flexibility index (Phi) is 6.21. The third kappa shape index (κ3) is 4.87. The normalized spacial score (nSPS) is 12.2. The average Bonchev–Trinajstić information content (AvgIpc) is 2.30. The molecule has 0 radical (unpaired) electrons. The number of nitrogens with zero attached hydrogens (tertiary/aromatic N) is 2. The zero-order valence-corrected chi connectivity index (χ0v) is 12.0. The quantitative estimate of drug-likeness (QED) is 0.810. The van der Waals surface area contributed by atoms with Gasteiger partial charge < -0.3 is 15.4 Å². The van der Waals surface area contributed by atoms with Crippen LogP contribution in [0.5, 0.6) is 0 Å². The van der Waals surface area contributed by atoms with Crippen molar-refractivity contribution in [1.29, 1.82) is 0 Å². The maximum Gasteiger partial charge on any atom is 0.224 e. The molecule has 0 amide bonds. The van der Waals surface area contributed by atoms with Gasteiger partial charge in [0.1, 0.15) is 5.82 Å². The molecule has 0 aliphatic rings. The van der Waals surface area contributed by atoms with Crippen molar-refractivity contribution in [2.45, 2.75) is 26.3 Å². The molecule has 17 heavy (non-hydrogen) atoms. The summed E-state index contributed by atoms with van der Waals surface area (Å²) in [5.74, 6) is 1.42. The van der Waals surface area contributed by atoms with Gasteiger partial charge in [-0.05, 0) is 29.3 Å². The highest BCUT2D eigenvalue weighted by Gasteiger charge is 2.08. The largest absolute Gasteiger partial charge is 0.383 e. The van der Waals surface area contributed by atoms with Crippen LogP contribution in [0.15, 0.2) is 10.7 Å². The van der Waals surface area contributed by atoms with Crippen molar-refractivity contribution in [3.63, 3.8) is 0 Å². The van der Waals surface area contributed by atoms with Crippen molar-refractivity contribution >= 4 is 27.7 Å². The van der Waals surface area contributed by atoms with E-state index in [1.165, 1.54) is 0 Å². The predicted octanol–water partition coefficient (Wildman–Crippen LogP) is 2.51. The molecule has 96 valence electrons. The number of nitrogens with one attached hydrogen (secondary N) is 2. The Labute approximate surface area is 111 Å². The fraction of sp³-hybridized carbons (Fsp3) is 0.636. The van der Waals surface area contributed by atoms with Crippen molar-refractivity contribution in [2.75, 3.05) is 30.9 Å². The second-order valence-corrected chi connectivity index (χ2v) is 4.67. The van der Waals surface area contributed by atoms with Gasteiger partial charge in [0.2, 0.25) is 5.95 Å². The summed E-state index contributed by atoms with van der Waals surface area (Å²) in [4.78, 5) is 8.59. The SMILES string of the molecule is CCCNc1ncc(Br)c(NC(C)COC)n1. The lowest BCUT2D eigenvalue weighted by Gasteiger charge is -2.15. The first-order chi connectivity index (χ1) is 8.17. The Morgan fingerprint density at radius 1 is 1.53 bits per heavy atom. The van der Waals surface area contributed by atoms with E-state index in [9.17, 15) is 0 Å². The van der Waals surface area contributed by atoms with E-state index in [4.69, 9.17) is 4.74 Å². The standard InChI is InChI=1S/C11H19BrN4O/c1-4-5-13-11-14-6-9(12)10(16-11)15-8(2)7-17-3/h6,8H,4-5,7H2,1-3H3,(H2,13,14,15,16). The lowest BCUT2D eigenvalue weighted by atomic mass is 10.3.